The van der Waals surface area contributed by atoms with Crippen LogP contribution in [0.5, 0.6) is 0 Å². The van der Waals surface area contributed by atoms with Crippen molar-refractivity contribution >= 4 is 23.4 Å². The van der Waals surface area contributed by atoms with Gasteiger partial charge in [-0.3, -0.25) is 0 Å². The minimum absolute atomic E-state index is 0.302. The molecule has 0 aliphatic rings. The summed E-state index contributed by atoms with van der Waals surface area (Å²) in [5.41, 5.74) is 0. The predicted molar refractivity (Wildman–Crippen MR) is 59.1 cm³/mol. The van der Waals surface area contributed by atoms with Crippen LogP contribution in [0.3, 0.4) is 0 Å². The third-order valence-electron chi connectivity index (χ3n) is 1.43. The summed E-state index contributed by atoms with van der Waals surface area (Å²) in [5, 5.41) is 2.01. The summed E-state index contributed by atoms with van der Waals surface area (Å²) in [7, 11) is 0. The third-order valence-corrected chi connectivity index (χ3v) is 2.27. The Hall–Kier alpha value is -1.35. The molecule has 0 saturated carbocycles. The topological polar surface area (TPSA) is 26.3 Å². The van der Waals surface area contributed by atoms with Gasteiger partial charge in [-0.1, -0.05) is 18.2 Å². The summed E-state index contributed by atoms with van der Waals surface area (Å²) in [5.74, 6) is -0.302. The van der Waals surface area contributed by atoms with Crippen molar-refractivity contribution in [2.75, 3.05) is 6.61 Å². The van der Waals surface area contributed by atoms with Crippen LogP contribution in [0.15, 0.2) is 35.7 Å². The number of rotatable bonds is 4. The first kappa shape index (κ1) is 10.7. The molecule has 0 unspecified atom stereocenters. The van der Waals surface area contributed by atoms with E-state index in [1.807, 2.05) is 29.7 Å². The molecule has 3 heteroatoms. The van der Waals surface area contributed by atoms with Crippen molar-refractivity contribution in [1.82, 2.24) is 0 Å². The van der Waals surface area contributed by atoms with Gasteiger partial charge in [-0.2, -0.15) is 0 Å². The lowest BCUT2D eigenvalue weighted by molar-refractivity contribution is -0.137. The lowest BCUT2D eigenvalue weighted by Gasteiger charge is -1.92. The zero-order valence-corrected chi connectivity index (χ0v) is 8.79. The Balaban J connectivity index is 2.36. The molecule has 0 fully saturated rings. The average Bonchev–Trinajstić information content (AvgIpc) is 2.65. The fraction of sp³-hybridized carbons (Fsp3) is 0.182. The Morgan fingerprint density at radius 1 is 1.57 bits per heavy atom. The first-order chi connectivity index (χ1) is 6.83. The molecule has 0 amide bonds. The molecule has 0 N–H and O–H groups in total. The Labute approximate surface area is 87.5 Å². The molecule has 0 aromatic carbocycles. The van der Waals surface area contributed by atoms with Crippen molar-refractivity contribution < 1.29 is 9.53 Å². The smallest absolute Gasteiger partial charge is 0.330 e. The second-order valence-electron chi connectivity index (χ2n) is 2.49. The van der Waals surface area contributed by atoms with Crippen LogP contribution in [0.4, 0.5) is 0 Å². The molecule has 0 spiro atoms. The van der Waals surface area contributed by atoms with E-state index in [0.29, 0.717) is 6.61 Å². The van der Waals surface area contributed by atoms with Gasteiger partial charge in [-0.05, 0) is 24.4 Å². The largest absolute Gasteiger partial charge is 0.463 e. The van der Waals surface area contributed by atoms with Crippen LogP contribution in [-0.4, -0.2) is 12.6 Å². The molecular formula is C11H12O2S. The number of esters is 1. The number of allylic oxidation sites excluding steroid dienone is 2. The number of hydrogen-bond donors (Lipinski definition) is 0. The number of ether oxygens (including phenoxy) is 1. The Bertz CT molecular complexity index is 323. The van der Waals surface area contributed by atoms with Gasteiger partial charge in [0.15, 0.2) is 0 Å². The minimum atomic E-state index is -0.302. The third kappa shape index (κ3) is 4.05. The van der Waals surface area contributed by atoms with Crippen LogP contribution in [0.1, 0.15) is 11.8 Å². The molecule has 0 aliphatic heterocycles. The average molecular weight is 208 g/mol. The molecule has 1 heterocycles. The molecule has 1 rings (SSSR count). The zero-order valence-electron chi connectivity index (χ0n) is 7.97. The van der Waals surface area contributed by atoms with Crippen molar-refractivity contribution in [2.45, 2.75) is 6.92 Å². The summed E-state index contributed by atoms with van der Waals surface area (Å²) in [6.45, 7) is 2.20. The zero-order chi connectivity index (χ0) is 10.2. The van der Waals surface area contributed by atoms with E-state index in [0.717, 1.165) is 0 Å². The lowest BCUT2D eigenvalue weighted by Crippen LogP contribution is -1.98. The normalized spacial score (nSPS) is 11.2. The number of thiophene rings is 1. The lowest BCUT2D eigenvalue weighted by atomic mass is 10.4. The monoisotopic (exact) mass is 208 g/mol. The summed E-state index contributed by atoms with van der Waals surface area (Å²) in [6.07, 6.45) is 6.86. The van der Waals surface area contributed by atoms with Crippen molar-refractivity contribution in [1.29, 1.82) is 0 Å². The highest BCUT2D eigenvalue weighted by Gasteiger charge is 1.90. The van der Waals surface area contributed by atoms with Crippen molar-refractivity contribution in [3.05, 3.63) is 40.6 Å². The number of carbonyl (C=O) groups excluding carboxylic acids is 1. The van der Waals surface area contributed by atoms with Crippen molar-refractivity contribution in [2.24, 2.45) is 0 Å². The first-order valence-electron chi connectivity index (χ1n) is 4.38. The van der Waals surface area contributed by atoms with Crippen LogP contribution >= 0.6 is 11.3 Å². The van der Waals surface area contributed by atoms with E-state index < -0.39 is 0 Å². The molecule has 0 atom stereocenters. The molecule has 0 bridgehead atoms. The van der Waals surface area contributed by atoms with E-state index in [4.69, 9.17) is 4.74 Å². The van der Waals surface area contributed by atoms with Gasteiger partial charge in [0.25, 0.3) is 0 Å². The standard InChI is InChI=1S/C11H12O2S/c1-2-13-11(12)8-4-3-6-10-7-5-9-14-10/h3-9H,2H2,1H3. The Kier molecular flexibility index (Phi) is 4.72. The van der Waals surface area contributed by atoms with Gasteiger partial charge in [0, 0.05) is 11.0 Å². The molecule has 0 radical (unpaired) electrons. The first-order valence-corrected chi connectivity index (χ1v) is 5.26. The number of carbonyl (C=O) groups is 1. The van der Waals surface area contributed by atoms with E-state index in [9.17, 15) is 4.79 Å². The van der Waals surface area contributed by atoms with Gasteiger partial charge in [0.2, 0.25) is 0 Å². The van der Waals surface area contributed by atoms with Gasteiger partial charge < -0.3 is 4.74 Å². The maximum Gasteiger partial charge on any atom is 0.330 e. The molecule has 0 saturated heterocycles. The maximum absolute atomic E-state index is 10.9. The highest BCUT2D eigenvalue weighted by Crippen LogP contribution is 2.09. The SMILES string of the molecule is CCOC(=O)C=CC=Cc1cccs1. The van der Waals surface area contributed by atoms with Crippen LogP contribution in [0.2, 0.25) is 0 Å². The van der Waals surface area contributed by atoms with Crippen LogP contribution in [0, 0.1) is 0 Å². The minimum Gasteiger partial charge on any atom is -0.463 e. The van der Waals surface area contributed by atoms with Crippen LogP contribution < -0.4 is 0 Å². The van der Waals surface area contributed by atoms with E-state index in [-0.39, 0.29) is 5.97 Å². The van der Waals surface area contributed by atoms with Crippen LogP contribution in [0.25, 0.3) is 6.08 Å². The predicted octanol–water partition coefficient (Wildman–Crippen LogP) is 2.88. The Morgan fingerprint density at radius 3 is 3.07 bits per heavy atom. The van der Waals surface area contributed by atoms with E-state index in [1.54, 1.807) is 24.3 Å². The summed E-state index contributed by atoms with van der Waals surface area (Å²) >= 11 is 1.66. The van der Waals surface area contributed by atoms with Gasteiger partial charge >= 0.3 is 5.97 Å². The summed E-state index contributed by atoms with van der Waals surface area (Å²) in [4.78, 5) is 12.0. The van der Waals surface area contributed by atoms with E-state index >= 15 is 0 Å². The fourth-order valence-electron chi connectivity index (χ4n) is 0.861. The summed E-state index contributed by atoms with van der Waals surface area (Å²) in [6, 6.07) is 4.00. The molecule has 74 valence electrons. The molecule has 14 heavy (non-hydrogen) atoms. The summed E-state index contributed by atoms with van der Waals surface area (Å²) < 4.78 is 4.72. The molecular weight excluding hydrogens is 196 g/mol. The highest BCUT2D eigenvalue weighted by atomic mass is 32.1. The fourth-order valence-corrected chi connectivity index (χ4v) is 1.49. The second-order valence-corrected chi connectivity index (χ2v) is 3.46. The molecule has 1 aromatic rings. The van der Waals surface area contributed by atoms with Gasteiger partial charge in [-0.15, -0.1) is 11.3 Å². The van der Waals surface area contributed by atoms with Gasteiger partial charge in [0.05, 0.1) is 6.61 Å². The van der Waals surface area contributed by atoms with Crippen molar-refractivity contribution in [3.8, 4) is 0 Å². The quantitative estimate of drug-likeness (QED) is 0.432. The van der Waals surface area contributed by atoms with E-state index in [1.165, 1.54) is 11.0 Å². The van der Waals surface area contributed by atoms with Crippen LogP contribution in [-0.2, 0) is 9.53 Å². The Morgan fingerprint density at radius 2 is 2.43 bits per heavy atom. The number of hydrogen-bond acceptors (Lipinski definition) is 3. The van der Waals surface area contributed by atoms with Gasteiger partial charge in [-0.25, -0.2) is 4.79 Å². The van der Waals surface area contributed by atoms with E-state index in [2.05, 4.69) is 0 Å². The highest BCUT2D eigenvalue weighted by molar-refractivity contribution is 7.10. The molecule has 0 aliphatic carbocycles. The molecule has 1 aromatic heterocycles. The van der Waals surface area contributed by atoms with Gasteiger partial charge in [0.1, 0.15) is 0 Å². The van der Waals surface area contributed by atoms with Crippen molar-refractivity contribution in [3.63, 3.8) is 0 Å². The maximum atomic E-state index is 10.9. The second kappa shape index (κ2) is 6.16. The molecule has 2 nitrogen and oxygen atoms in total.